The van der Waals surface area contributed by atoms with Gasteiger partial charge in [-0.3, -0.25) is 14.4 Å². The maximum absolute atomic E-state index is 13.7. The predicted octanol–water partition coefficient (Wildman–Crippen LogP) is 3.91. The van der Waals surface area contributed by atoms with Gasteiger partial charge in [0, 0.05) is 23.9 Å². The number of carbonyl (C=O) groups is 3. The lowest BCUT2D eigenvalue weighted by Gasteiger charge is -2.30. The third-order valence-corrected chi connectivity index (χ3v) is 7.96. The summed E-state index contributed by atoms with van der Waals surface area (Å²) >= 11 is 1.43. The van der Waals surface area contributed by atoms with Crippen molar-refractivity contribution in [3.8, 4) is 0 Å². The molecule has 1 unspecified atom stereocenters. The lowest BCUT2D eigenvalue weighted by molar-refractivity contribution is -0.127. The van der Waals surface area contributed by atoms with Crippen LogP contribution in [-0.2, 0) is 16.0 Å². The zero-order chi connectivity index (χ0) is 27.0. The van der Waals surface area contributed by atoms with Crippen LogP contribution in [0.15, 0.2) is 72.8 Å². The number of nitrogens with one attached hydrogen (secondary N) is 3. The van der Waals surface area contributed by atoms with E-state index in [1.165, 1.54) is 17.4 Å². The van der Waals surface area contributed by atoms with E-state index in [1.807, 2.05) is 79.7 Å². The van der Waals surface area contributed by atoms with Crippen LogP contribution in [-0.4, -0.2) is 61.4 Å². The summed E-state index contributed by atoms with van der Waals surface area (Å²) < 4.78 is 1.04. The zero-order valence-electron chi connectivity index (χ0n) is 22.0. The molecule has 1 fully saturated rings. The summed E-state index contributed by atoms with van der Waals surface area (Å²) in [4.78, 5) is 42.0. The van der Waals surface area contributed by atoms with Crippen LogP contribution in [0.5, 0.6) is 0 Å². The number of hydrogen-bond acceptors (Lipinski definition) is 5. The molecule has 0 radical (unpaired) electrons. The van der Waals surface area contributed by atoms with Gasteiger partial charge in [0.15, 0.2) is 0 Å². The van der Waals surface area contributed by atoms with Crippen LogP contribution in [0.4, 0.5) is 0 Å². The van der Waals surface area contributed by atoms with Crippen LogP contribution in [0.3, 0.4) is 0 Å². The molecular weight excluding hydrogens is 496 g/mol. The molecule has 0 spiro atoms. The molecule has 3 N–H and O–H groups in total. The Morgan fingerprint density at radius 1 is 1.03 bits per heavy atom. The second-order valence-corrected chi connectivity index (χ2v) is 11.2. The van der Waals surface area contributed by atoms with Crippen molar-refractivity contribution in [2.45, 2.75) is 43.7 Å². The third kappa shape index (κ3) is 7.30. The lowest BCUT2D eigenvalue weighted by Crippen LogP contribution is -2.58. The Kier molecular flexibility index (Phi) is 9.31. The monoisotopic (exact) mass is 532 g/mol. The number of carbonyl (C=O) groups excluding carboxylic acids is 3. The van der Waals surface area contributed by atoms with Crippen LogP contribution >= 0.6 is 11.3 Å². The Hall–Kier alpha value is -3.49. The van der Waals surface area contributed by atoms with Crippen molar-refractivity contribution in [1.82, 2.24) is 20.9 Å². The Bertz CT molecular complexity index is 1250. The summed E-state index contributed by atoms with van der Waals surface area (Å²) in [6, 6.07) is 19.2. The smallest absolute Gasteiger partial charge is 0.262 e. The summed E-state index contributed by atoms with van der Waals surface area (Å²) in [5.74, 6) is -0.630. The largest absolute Gasteiger partial charge is 0.351 e. The number of hydrogen-bond donors (Lipinski definition) is 3. The number of thiophene rings is 1. The van der Waals surface area contributed by atoms with Crippen LogP contribution in [0, 0.1) is 0 Å². The predicted molar refractivity (Wildman–Crippen MR) is 153 cm³/mol. The van der Waals surface area contributed by atoms with Crippen molar-refractivity contribution in [3.63, 3.8) is 0 Å². The second-order valence-electron chi connectivity index (χ2n) is 10.1. The normalized spacial score (nSPS) is 15.6. The molecule has 1 aromatic heterocycles. The molecule has 8 heteroatoms. The van der Waals surface area contributed by atoms with Gasteiger partial charge in [-0.25, -0.2) is 0 Å². The SMILES string of the molecule is CN(C)CCNC(=O)C=CC(Cc1ccccc1)NC(=O)C1(NC(=O)c2cc3ccccc3s2)CCCC1. The highest BCUT2D eigenvalue weighted by Crippen LogP contribution is 2.32. The van der Waals surface area contributed by atoms with Crippen molar-refractivity contribution < 1.29 is 14.4 Å². The van der Waals surface area contributed by atoms with Crippen LogP contribution in [0.25, 0.3) is 10.1 Å². The highest BCUT2D eigenvalue weighted by molar-refractivity contribution is 7.20. The van der Waals surface area contributed by atoms with E-state index in [4.69, 9.17) is 0 Å². The summed E-state index contributed by atoms with van der Waals surface area (Å²) in [6.45, 7) is 1.28. The van der Waals surface area contributed by atoms with E-state index in [1.54, 1.807) is 6.08 Å². The fraction of sp³-hybridized carbons (Fsp3) is 0.367. The number of rotatable bonds is 11. The number of fused-ring (bicyclic) bond motifs is 1. The molecule has 7 nitrogen and oxygen atoms in total. The van der Waals surface area contributed by atoms with Gasteiger partial charge in [-0.2, -0.15) is 0 Å². The standard InChI is InChI=1S/C30H36N4O3S/c1-34(2)19-18-31-27(35)15-14-24(20-22-10-4-3-5-11-22)32-29(37)30(16-8-9-17-30)33-28(36)26-21-23-12-6-7-13-25(23)38-26/h3-7,10-15,21,24H,8-9,16-20H2,1-2H3,(H,31,35)(H,32,37)(H,33,36). The maximum atomic E-state index is 13.7. The van der Waals surface area contributed by atoms with Crippen molar-refractivity contribution >= 4 is 39.1 Å². The number of amides is 3. The molecule has 0 saturated heterocycles. The van der Waals surface area contributed by atoms with E-state index in [9.17, 15) is 14.4 Å². The number of benzene rings is 2. The van der Waals surface area contributed by atoms with Gasteiger partial charge in [0.25, 0.3) is 5.91 Å². The first-order chi connectivity index (χ1) is 18.3. The molecule has 0 bridgehead atoms. The highest BCUT2D eigenvalue weighted by Gasteiger charge is 2.43. The molecule has 2 aromatic carbocycles. The van der Waals surface area contributed by atoms with E-state index >= 15 is 0 Å². The summed E-state index contributed by atoms with van der Waals surface area (Å²) in [7, 11) is 3.90. The molecule has 1 saturated carbocycles. The van der Waals surface area contributed by atoms with Gasteiger partial charge < -0.3 is 20.9 Å². The van der Waals surface area contributed by atoms with Gasteiger partial charge in [0.05, 0.1) is 10.9 Å². The van der Waals surface area contributed by atoms with E-state index in [0.717, 1.165) is 35.0 Å². The maximum Gasteiger partial charge on any atom is 0.262 e. The minimum absolute atomic E-state index is 0.201. The summed E-state index contributed by atoms with van der Waals surface area (Å²) in [6.07, 6.45) is 6.67. The van der Waals surface area contributed by atoms with Gasteiger partial charge in [-0.05, 0) is 56.4 Å². The third-order valence-electron chi connectivity index (χ3n) is 6.85. The fourth-order valence-electron chi connectivity index (χ4n) is 4.77. The van der Waals surface area contributed by atoms with E-state index in [-0.39, 0.29) is 17.7 Å². The Morgan fingerprint density at radius 3 is 2.45 bits per heavy atom. The molecule has 3 aromatic rings. The van der Waals surface area contributed by atoms with Gasteiger partial charge in [-0.1, -0.05) is 67.4 Å². The topological polar surface area (TPSA) is 90.5 Å². The van der Waals surface area contributed by atoms with E-state index < -0.39 is 11.6 Å². The Morgan fingerprint density at radius 2 is 1.74 bits per heavy atom. The lowest BCUT2D eigenvalue weighted by atomic mass is 9.94. The molecule has 3 amide bonds. The van der Waals surface area contributed by atoms with Gasteiger partial charge in [0.1, 0.15) is 5.54 Å². The highest BCUT2D eigenvalue weighted by atomic mass is 32.1. The van der Waals surface area contributed by atoms with Gasteiger partial charge in [-0.15, -0.1) is 11.3 Å². The molecule has 1 aliphatic rings. The molecule has 200 valence electrons. The first-order valence-corrected chi connectivity index (χ1v) is 13.9. The van der Waals surface area contributed by atoms with Crippen molar-refractivity contribution in [2.75, 3.05) is 27.2 Å². The average Bonchev–Trinajstić information content (AvgIpc) is 3.56. The van der Waals surface area contributed by atoms with Crippen LogP contribution in [0.1, 0.15) is 40.9 Å². The van der Waals surface area contributed by atoms with E-state index in [2.05, 4.69) is 16.0 Å². The minimum atomic E-state index is -0.968. The van der Waals surface area contributed by atoms with Crippen LogP contribution in [0.2, 0.25) is 0 Å². The molecule has 4 rings (SSSR count). The number of likely N-dealkylation sites (N-methyl/N-ethyl adjacent to an activating group) is 1. The zero-order valence-corrected chi connectivity index (χ0v) is 22.9. The molecule has 0 aliphatic heterocycles. The van der Waals surface area contributed by atoms with E-state index in [0.29, 0.717) is 30.7 Å². The molecule has 1 aliphatic carbocycles. The molecule has 1 heterocycles. The van der Waals surface area contributed by atoms with Crippen LogP contribution < -0.4 is 16.0 Å². The van der Waals surface area contributed by atoms with Gasteiger partial charge >= 0.3 is 0 Å². The average molecular weight is 533 g/mol. The Balaban J connectivity index is 1.48. The Labute approximate surface area is 228 Å². The first kappa shape index (κ1) is 27.5. The number of nitrogens with zero attached hydrogens (tertiary/aromatic N) is 1. The first-order valence-electron chi connectivity index (χ1n) is 13.1. The summed E-state index contributed by atoms with van der Waals surface area (Å²) in [5, 5.41) is 10.1. The van der Waals surface area contributed by atoms with Gasteiger partial charge in [0.2, 0.25) is 11.8 Å². The van der Waals surface area contributed by atoms with Crippen molar-refractivity contribution in [1.29, 1.82) is 0 Å². The minimum Gasteiger partial charge on any atom is -0.351 e. The van der Waals surface area contributed by atoms with Crippen molar-refractivity contribution in [2.24, 2.45) is 0 Å². The summed E-state index contributed by atoms with van der Waals surface area (Å²) in [5.41, 5.74) is 0.0783. The quantitative estimate of drug-likeness (QED) is 0.327. The fourth-order valence-corrected chi connectivity index (χ4v) is 5.72. The molecule has 1 atom stereocenters. The van der Waals surface area contributed by atoms with Crippen molar-refractivity contribution in [3.05, 3.63) is 83.3 Å². The molecular formula is C30H36N4O3S. The second kappa shape index (κ2) is 12.8. The molecule has 38 heavy (non-hydrogen) atoms.